The first-order chi connectivity index (χ1) is 8.74. The van der Waals surface area contributed by atoms with Crippen LogP contribution in [0.15, 0.2) is 74.9 Å². The van der Waals surface area contributed by atoms with Crippen molar-refractivity contribution in [3.05, 3.63) is 74.9 Å². The largest absolute Gasteiger partial charge is 0.103 e. The molecule has 0 aromatic heterocycles. The lowest BCUT2D eigenvalue weighted by Gasteiger charge is -2.13. The molecule has 0 atom stereocenters. The molecular weight excluding hydrogens is 248 g/mol. The molecule has 0 aliphatic rings. The van der Waals surface area contributed by atoms with Crippen LogP contribution in [-0.2, 0) is 0 Å². The minimum absolute atomic E-state index is 0.363. The summed E-state index contributed by atoms with van der Waals surface area (Å²) in [5, 5.41) is 2.80. The third kappa shape index (κ3) is 4.13. The van der Waals surface area contributed by atoms with E-state index in [9.17, 15) is 0 Å². The predicted octanol–water partition coefficient (Wildman–Crippen LogP) is 2.67. The van der Waals surface area contributed by atoms with Crippen molar-refractivity contribution in [1.82, 2.24) is 0 Å². The van der Waals surface area contributed by atoms with Crippen LogP contribution in [0.3, 0.4) is 0 Å². The van der Waals surface area contributed by atoms with Crippen LogP contribution in [-0.4, -0.2) is 19.0 Å². The molecule has 0 saturated heterocycles. The highest BCUT2D eigenvalue weighted by Gasteiger charge is 2.10. The Morgan fingerprint density at radius 2 is 1.06 bits per heavy atom. The van der Waals surface area contributed by atoms with Crippen molar-refractivity contribution in [2.24, 2.45) is 0 Å². The summed E-state index contributed by atoms with van der Waals surface area (Å²) in [7, 11) is 1.40. The highest BCUT2D eigenvalue weighted by atomic mass is 28.2. The van der Waals surface area contributed by atoms with Gasteiger partial charge in [0.05, 0.1) is 19.0 Å². The molecule has 90 valence electrons. The van der Waals surface area contributed by atoms with Gasteiger partial charge in [-0.05, 0) is 11.1 Å². The molecule has 1 aromatic carbocycles. The normalized spacial score (nSPS) is 10.3. The van der Waals surface area contributed by atoms with Crippen molar-refractivity contribution >= 4 is 29.4 Å². The van der Waals surface area contributed by atoms with Gasteiger partial charge in [-0.15, -0.1) is 26.3 Å². The van der Waals surface area contributed by atoms with Gasteiger partial charge < -0.3 is 0 Å². The molecule has 0 heterocycles. The lowest BCUT2D eigenvalue weighted by molar-refractivity contribution is 1.37. The van der Waals surface area contributed by atoms with Gasteiger partial charge in [0.1, 0.15) is 0 Å². The molecule has 0 nitrogen and oxygen atoms in total. The maximum absolute atomic E-state index is 3.86. The van der Waals surface area contributed by atoms with E-state index in [1.54, 1.807) is 0 Å². The van der Waals surface area contributed by atoms with Crippen molar-refractivity contribution in [1.29, 1.82) is 0 Å². The minimum Gasteiger partial charge on any atom is -0.103 e. The Labute approximate surface area is 115 Å². The van der Waals surface area contributed by atoms with E-state index in [-0.39, 0.29) is 0 Å². The van der Waals surface area contributed by atoms with Gasteiger partial charge in [-0.3, -0.25) is 0 Å². The number of hydrogen-bond acceptors (Lipinski definition) is 0. The fraction of sp³-hybridized carbons (Fsp3) is 0.125. The van der Waals surface area contributed by atoms with E-state index in [1.807, 2.05) is 24.3 Å². The fourth-order valence-electron chi connectivity index (χ4n) is 1.52. The number of hydrogen-bond donors (Lipinski definition) is 0. The lowest BCUT2D eigenvalue weighted by atomic mass is 10.4. The van der Waals surface area contributed by atoms with Crippen molar-refractivity contribution in [2.45, 2.75) is 11.1 Å². The van der Waals surface area contributed by atoms with E-state index >= 15 is 0 Å². The standard InChI is InChI=1S/C16H18Si2/c1-5-13(6-2)17-15-11-9-10-12-16(15)18-14(7-3)8-4/h5-14H,1-4H2. The Hall–Kier alpha value is -1.39. The van der Waals surface area contributed by atoms with E-state index in [4.69, 9.17) is 0 Å². The van der Waals surface area contributed by atoms with Gasteiger partial charge in [0.2, 0.25) is 0 Å². The molecule has 4 radical (unpaired) electrons. The zero-order valence-corrected chi connectivity index (χ0v) is 12.6. The Morgan fingerprint density at radius 1 is 0.722 bits per heavy atom. The monoisotopic (exact) mass is 266 g/mol. The van der Waals surface area contributed by atoms with Crippen molar-refractivity contribution < 1.29 is 0 Å². The third-order valence-electron chi connectivity index (χ3n) is 2.59. The number of allylic oxidation sites excluding steroid dienone is 4. The van der Waals surface area contributed by atoms with Crippen LogP contribution in [0.2, 0.25) is 11.1 Å². The maximum Gasteiger partial charge on any atom is 0.0930 e. The molecule has 0 fully saturated rings. The highest BCUT2D eigenvalue weighted by Crippen LogP contribution is 2.06. The first kappa shape index (κ1) is 14.7. The second-order valence-corrected chi connectivity index (χ2v) is 6.82. The van der Waals surface area contributed by atoms with Gasteiger partial charge in [-0.2, -0.15) is 0 Å². The third-order valence-corrected chi connectivity index (χ3v) is 5.94. The highest BCUT2D eigenvalue weighted by molar-refractivity contribution is 6.68. The maximum atomic E-state index is 3.86. The molecule has 1 rings (SSSR count). The second-order valence-electron chi connectivity index (χ2n) is 3.83. The predicted molar refractivity (Wildman–Crippen MR) is 85.5 cm³/mol. The molecule has 0 unspecified atom stereocenters. The smallest absolute Gasteiger partial charge is 0.0930 e. The zero-order valence-electron chi connectivity index (χ0n) is 10.6. The Morgan fingerprint density at radius 3 is 1.33 bits per heavy atom. The van der Waals surface area contributed by atoms with Gasteiger partial charge >= 0.3 is 0 Å². The first-order valence-electron chi connectivity index (χ1n) is 5.87. The summed E-state index contributed by atoms with van der Waals surface area (Å²) in [6.45, 7) is 15.4. The zero-order chi connectivity index (χ0) is 13.4. The summed E-state index contributed by atoms with van der Waals surface area (Å²) in [4.78, 5) is 0. The van der Waals surface area contributed by atoms with Crippen LogP contribution >= 0.6 is 0 Å². The topological polar surface area (TPSA) is 0 Å². The van der Waals surface area contributed by atoms with Crippen LogP contribution in [0.25, 0.3) is 0 Å². The summed E-state index contributed by atoms with van der Waals surface area (Å²) in [6, 6.07) is 8.58. The molecule has 0 spiro atoms. The van der Waals surface area contributed by atoms with Crippen LogP contribution in [0.5, 0.6) is 0 Å². The second kappa shape index (κ2) is 7.85. The molecule has 0 aliphatic carbocycles. The van der Waals surface area contributed by atoms with E-state index in [0.717, 1.165) is 0 Å². The Bertz CT molecular complexity index is 377. The van der Waals surface area contributed by atoms with E-state index in [0.29, 0.717) is 30.1 Å². The molecule has 0 saturated carbocycles. The fourth-order valence-corrected chi connectivity index (χ4v) is 4.01. The van der Waals surface area contributed by atoms with E-state index in [2.05, 4.69) is 50.6 Å². The molecule has 0 N–H and O–H groups in total. The van der Waals surface area contributed by atoms with Crippen molar-refractivity contribution in [3.8, 4) is 0 Å². The minimum atomic E-state index is 0.363. The summed E-state index contributed by atoms with van der Waals surface area (Å²) in [5.41, 5.74) is 0.726. The quantitative estimate of drug-likeness (QED) is 0.501. The average molecular weight is 266 g/mol. The average Bonchev–Trinajstić information content (AvgIpc) is 2.43. The molecule has 0 aliphatic heterocycles. The van der Waals surface area contributed by atoms with Crippen LogP contribution in [0.1, 0.15) is 0 Å². The summed E-state index contributed by atoms with van der Waals surface area (Å²) < 4.78 is 0. The van der Waals surface area contributed by atoms with Crippen LogP contribution in [0, 0.1) is 0 Å². The Balaban J connectivity index is 2.91. The molecule has 1 aromatic rings. The molecule has 0 amide bonds. The lowest BCUT2D eigenvalue weighted by Crippen LogP contribution is -2.38. The van der Waals surface area contributed by atoms with Crippen LogP contribution < -0.4 is 10.4 Å². The van der Waals surface area contributed by atoms with Crippen molar-refractivity contribution in [3.63, 3.8) is 0 Å². The first-order valence-corrected chi connectivity index (χ1v) is 8.03. The van der Waals surface area contributed by atoms with Gasteiger partial charge in [-0.25, -0.2) is 0 Å². The number of rotatable bonds is 8. The van der Waals surface area contributed by atoms with Crippen LogP contribution in [0.4, 0.5) is 0 Å². The SMILES string of the molecule is C=CC(C=C)[Si]c1ccccc1[Si]C(C=C)C=C. The molecular formula is C16H18Si2. The van der Waals surface area contributed by atoms with Gasteiger partial charge in [0, 0.05) is 0 Å². The number of benzene rings is 1. The summed E-state index contributed by atoms with van der Waals surface area (Å²) in [6.07, 6.45) is 7.85. The van der Waals surface area contributed by atoms with Gasteiger partial charge in [-0.1, -0.05) is 58.9 Å². The van der Waals surface area contributed by atoms with E-state index in [1.165, 1.54) is 10.4 Å². The summed E-state index contributed by atoms with van der Waals surface area (Å²) >= 11 is 0. The van der Waals surface area contributed by atoms with Crippen molar-refractivity contribution in [2.75, 3.05) is 0 Å². The Kier molecular flexibility index (Phi) is 6.40. The summed E-state index contributed by atoms with van der Waals surface area (Å²) in [5.74, 6) is 0. The van der Waals surface area contributed by atoms with E-state index < -0.39 is 0 Å². The molecule has 2 heteroatoms. The van der Waals surface area contributed by atoms with Gasteiger partial charge in [0.25, 0.3) is 0 Å². The van der Waals surface area contributed by atoms with Gasteiger partial charge in [0.15, 0.2) is 0 Å². The molecule has 18 heavy (non-hydrogen) atoms. The molecule has 0 bridgehead atoms.